The highest BCUT2D eigenvalue weighted by molar-refractivity contribution is 4.84. The highest BCUT2D eigenvalue weighted by Gasteiger charge is 2.32. The Morgan fingerprint density at radius 1 is 1.00 bits per heavy atom. The van der Waals surface area contributed by atoms with Gasteiger partial charge in [-0.1, -0.05) is 39.5 Å². The molecule has 2 fully saturated rings. The van der Waals surface area contributed by atoms with Gasteiger partial charge in [-0.2, -0.15) is 0 Å². The summed E-state index contributed by atoms with van der Waals surface area (Å²) in [6, 6.07) is 0.599. The summed E-state index contributed by atoms with van der Waals surface area (Å²) in [5.74, 6) is 1.59. The second-order valence-electron chi connectivity index (χ2n) is 6.55. The van der Waals surface area contributed by atoms with Crippen LogP contribution in [0.5, 0.6) is 0 Å². The van der Waals surface area contributed by atoms with E-state index in [1.807, 2.05) is 0 Å². The van der Waals surface area contributed by atoms with Gasteiger partial charge in [0.15, 0.2) is 0 Å². The maximum absolute atomic E-state index is 6.18. The average molecular weight is 253 g/mol. The molecule has 106 valence electrons. The molecule has 1 aliphatic heterocycles. The molecule has 2 nitrogen and oxygen atoms in total. The summed E-state index contributed by atoms with van der Waals surface area (Å²) in [6.07, 6.45) is 11.7. The first kappa shape index (κ1) is 14.3. The quantitative estimate of drug-likeness (QED) is 0.770. The van der Waals surface area contributed by atoms with Crippen molar-refractivity contribution in [2.75, 3.05) is 13.2 Å². The van der Waals surface area contributed by atoms with E-state index in [1.165, 1.54) is 51.4 Å². The van der Waals surface area contributed by atoms with Crippen LogP contribution >= 0.6 is 0 Å². The van der Waals surface area contributed by atoms with E-state index < -0.39 is 0 Å². The van der Waals surface area contributed by atoms with E-state index in [2.05, 4.69) is 19.2 Å². The van der Waals surface area contributed by atoms with Gasteiger partial charge in [-0.3, -0.25) is 0 Å². The highest BCUT2D eigenvalue weighted by Crippen LogP contribution is 2.34. The Hall–Kier alpha value is -0.0800. The van der Waals surface area contributed by atoms with Gasteiger partial charge in [-0.25, -0.2) is 0 Å². The zero-order valence-corrected chi connectivity index (χ0v) is 12.3. The van der Waals surface area contributed by atoms with Crippen LogP contribution in [0.2, 0.25) is 0 Å². The molecule has 0 bridgehead atoms. The predicted molar refractivity (Wildman–Crippen MR) is 76.8 cm³/mol. The van der Waals surface area contributed by atoms with E-state index in [1.54, 1.807) is 0 Å². The Morgan fingerprint density at radius 3 is 2.39 bits per heavy atom. The van der Waals surface area contributed by atoms with Crippen LogP contribution in [0.25, 0.3) is 0 Å². The standard InChI is InChI=1S/C16H31NO/c1-13(2)17-12-15-10-7-11-18-16(15)14-8-5-3-4-6-9-14/h13-17H,3-12H2,1-2H3. The van der Waals surface area contributed by atoms with Crippen LogP contribution in [0, 0.1) is 11.8 Å². The van der Waals surface area contributed by atoms with Crippen molar-refractivity contribution < 1.29 is 4.74 Å². The molecule has 1 saturated heterocycles. The van der Waals surface area contributed by atoms with Crippen molar-refractivity contribution >= 4 is 0 Å². The molecule has 1 aliphatic carbocycles. The van der Waals surface area contributed by atoms with E-state index in [0.29, 0.717) is 12.1 Å². The maximum Gasteiger partial charge on any atom is 0.0643 e. The Bertz CT molecular complexity index is 221. The molecule has 0 aromatic rings. The first-order valence-corrected chi connectivity index (χ1v) is 8.12. The van der Waals surface area contributed by atoms with E-state index in [9.17, 15) is 0 Å². The molecule has 0 spiro atoms. The third-order valence-electron chi connectivity index (χ3n) is 4.65. The molecule has 0 amide bonds. The minimum atomic E-state index is 0.545. The summed E-state index contributed by atoms with van der Waals surface area (Å²) in [5, 5.41) is 3.62. The van der Waals surface area contributed by atoms with Crippen molar-refractivity contribution in [1.29, 1.82) is 0 Å². The molecular formula is C16H31NO. The lowest BCUT2D eigenvalue weighted by Crippen LogP contribution is -2.42. The van der Waals surface area contributed by atoms with Crippen LogP contribution in [0.4, 0.5) is 0 Å². The average Bonchev–Trinajstić information content (AvgIpc) is 2.65. The van der Waals surface area contributed by atoms with Crippen molar-refractivity contribution in [2.45, 2.75) is 77.4 Å². The topological polar surface area (TPSA) is 21.3 Å². The lowest BCUT2D eigenvalue weighted by Gasteiger charge is -2.37. The predicted octanol–water partition coefficient (Wildman–Crippen LogP) is 3.75. The van der Waals surface area contributed by atoms with E-state index in [4.69, 9.17) is 4.74 Å². The minimum Gasteiger partial charge on any atom is -0.378 e. The first-order chi connectivity index (χ1) is 8.77. The van der Waals surface area contributed by atoms with Gasteiger partial charge in [0.25, 0.3) is 0 Å². The van der Waals surface area contributed by atoms with Crippen LogP contribution in [-0.4, -0.2) is 25.3 Å². The third kappa shape index (κ3) is 4.24. The molecule has 1 N–H and O–H groups in total. The highest BCUT2D eigenvalue weighted by atomic mass is 16.5. The van der Waals surface area contributed by atoms with Crippen LogP contribution in [-0.2, 0) is 4.74 Å². The van der Waals surface area contributed by atoms with Gasteiger partial charge in [-0.15, -0.1) is 0 Å². The fraction of sp³-hybridized carbons (Fsp3) is 1.00. The van der Waals surface area contributed by atoms with Crippen molar-refractivity contribution in [2.24, 2.45) is 11.8 Å². The number of ether oxygens (including phenoxy) is 1. The van der Waals surface area contributed by atoms with E-state index >= 15 is 0 Å². The zero-order valence-electron chi connectivity index (χ0n) is 12.3. The van der Waals surface area contributed by atoms with Gasteiger partial charge in [0.1, 0.15) is 0 Å². The van der Waals surface area contributed by atoms with E-state index in [0.717, 1.165) is 25.0 Å². The molecule has 2 rings (SSSR count). The first-order valence-electron chi connectivity index (χ1n) is 8.12. The number of nitrogens with one attached hydrogen (secondary N) is 1. The lowest BCUT2D eigenvalue weighted by atomic mass is 9.82. The van der Waals surface area contributed by atoms with Gasteiger partial charge >= 0.3 is 0 Å². The summed E-state index contributed by atoms with van der Waals surface area (Å²) in [7, 11) is 0. The van der Waals surface area contributed by atoms with E-state index in [-0.39, 0.29) is 0 Å². The van der Waals surface area contributed by atoms with Gasteiger partial charge < -0.3 is 10.1 Å². The Kier molecular flexibility index (Phi) is 5.97. The molecule has 0 radical (unpaired) electrons. The Labute approximate surface area is 113 Å². The molecule has 18 heavy (non-hydrogen) atoms. The van der Waals surface area contributed by atoms with Crippen molar-refractivity contribution in [3.63, 3.8) is 0 Å². The van der Waals surface area contributed by atoms with Crippen molar-refractivity contribution in [1.82, 2.24) is 5.32 Å². The van der Waals surface area contributed by atoms with Gasteiger partial charge in [0, 0.05) is 19.2 Å². The minimum absolute atomic E-state index is 0.545. The van der Waals surface area contributed by atoms with Crippen LogP contribution in [0.15, 0.2) is 0 Å². The second-order valence-corrected chi connectivity index (χ2v) is 6.55. The Balaban J connectivity index is 1.88. The molecule has 0 aromatic carbocycles. The maximum atomic E-state index is 6.18. The van der Waals surface area contributed by atoms with Gasteiger partial charge in [0.2, 0.25) is 0 Å². The van der Waals surface area contributed by atoms with Gasteiger partial charge in [0.05, 0.1) is 6.10 Å². The van der Waals surface area contributed by atoms with Crippen LogP contribution < -0.4 is 5.32 Å². The number of rotatable bonds is 4. The lowest BCUT2D eigenvalue weighted by molar-refractivity contribution is -0.0636. The smallest absolute Gasteiger partial charge is 0.0643 e. The Morgan fingerprint density at radius 2 is 1.72 bits per heavy atom. The summed E-state index contributed by atoms with van der Waals surface area (Å²) in [4.78, 5) is 0. The summed E-state index contributed by atoms with van der Waals surface area (Å²) < 4.78 is 6.18. The second kappa shape index (κ2) is 7.49. The largest absolute Gasteiger partial charge is 0.378 e. The normalized spacial score (nSPS) is 31.5. The fourth-order valence-electron chi connectivity index (χ4n) is 3.63. The SMILES string of the molecule is CC(C)NCC1CCCOC1C1CCCCCC1. The third-order valence-corrected chi connectivity index (χ3v) is 4.65. The molecule has 2 aliphatic rings. The molecule has 0 aromatic heterocycles. The number of hydrogen-bond donors (Lipinski definition) is 1. The molecule has 1 saturated carbocycles. The zero-order chi connectivity index (χ0) is 12.8. The molecular weight excluding hydrogens is 222 g/mol. The summed E-state index contributed by atoms with van der Waals surface area (Å²) >= 11 is 0. The van der Waals surface area contributed by atoms with Crippen LogP contribution in [0.1, 0.15) is 65.2 Å². The number of hydrogen-bond acceptors (Lipinski definition) is 2. The summed E-state index contributed by atoms with van der Waals surface area (Å²) in [5.41, 5.74) is 0. The van der Waals surface area contributed by atoms with Crippen LogP contribution in [0.3, 0.4) is 0 Å². The molecule has 2 heteroatoms. The molecule has 2 unspecified atom stereocenters. The van der Waals surface area contributed by atoms with Crippen molar-refractivity contribution in [3.8, 4) is 0 Å². The van der Waals surface area contributed by atoms with Gasteiger partial charge in [-0.05, 0) is 37.5 Å². The monoisotopic (exact) mass is 253 g/mol. The summed E-state index contributed by atoms with van der Waals surface area (Å²) in [6.45, 7) is 6.63. The molecule has 1 heterocycles. The molecule has 2 atom stereocenters. The van der Waals surface area contributed by atoms with Crippen molar-refractivity contribution in [3.05, 3.63) is 0 Å². The fourth-order valence-corrected chi connectivity index (χ4v) is 3.63.